The van der Waals surface area contributed by atoms with E-state index in [1.165, 1.54) is 55.2 Å². The molecule has 0 bridgehead atoms. The van der Waals surface area contributed by atoms with Crippen LogP contribution in [-0.2, 0) is 0 Å². The first-order valence-electron chi connectivity index (χ1n) is 23.6. The molecule has 0 atom stereocenters. The molecule has 2 aromatic heterocycles. The molecule has 13 aromatic rings. The molecule has 0 fully saturated rings. The van der Waals surface area contributed by atoms with Crippen molar-refractivity contribution in [1.29, 1.82) is 0 Å². The van der Waals surface area contributed by atoms with Crippen molar-refractivity contribution in [1.82, 2.24) is 4.57 Å². The second-order valence-electron chi connectivity index (χ2n) is 17.6. The van der Waals surface area contributed by atoms with Crippen LogP contribution in [0, 0.1) is 0 Å². The molecular formula is C66H44N2O. The van der Waals surface area contributed by atoms with Crippen LogP contribution in [-0.4, -0.2) is 4.57 Å². The van der Waals surface area contributed by atoms with Crippen molar-refractivity contribution in [3.05, 3.63) is 267 Å². The van der Waals surface area contributed by atoms with E-state index in [1.54, 1.807) is 0 Å². The molecule has 69 heavy (non-hydrogen) atoms. The zero-order valence-corrected chi connectivity index (χ0v) is 37.7. The Kier molecular flexibility index (Phi) is 9.84. The molecular weight excluding hydrogens is 837 g/mol. The standard InChI is InChI=1S/C66H44N2O/c1-3-20-45(21-4-1)51-26-7-8-31-58(51)65-52(46-22-5-2-6-23-46)32-18-34-59(65)56-29-11-13-36-61(56)67(48-42-40-47(41-43-48)53-33-19-35-60-57-30-12-16-39-64(57)69-66(53)60)49-24-17-25-50(44-49)68-62-37-14-9-27-54(62)55-28-10-15-38-63(55)68/h1-44H. The van der Waals surface area contributed by atoms with Crippen LogP contribution < -0.4 is 4.90 Å². The van der Waals surface area contributed by atoms with E-state index in [0.29, 0.717) is 0 Å². The number of anilines is 3. The fraction of sp³-hybridized carbons (Fsp3) is 0. The van der Waals surface area contributed by atoms with E-state index in [2.05, 4.69) is 264 Å². The summed E-state index contributed by atoms with van der Waals surface area (Å²) in [5, 5.41) is 4.71. The Morgan fingerprint density at radius 3 is 1.55 bits per heavy atom. The van der Waals surface area contributed by atoms with Crippen molar-refractivity contribution in [2.45, 2.75) is 0 Å². The molecule has 11 aromatic carbocycles. The van der Waals surface area contributed by atoms with Crippen LogP contribution in [0.2, 0.25) is 0 Å². The van der Waals surface area contributed by atoms with E-state index in [0.717, 1.165) is 66.9 Å². The minimum absolute atomic E-state index is 0.893. The second-order valence-corrected chi connectivity index (χ2v) is 17.6. The summed E-state index contributed by atoms with van der Waals surface area (Å²) in [5.74, 6) is 0. The third kappa shape index (κ3) is 6.91. The molecule has 2 heterocycles. The lowest BCUT2D eigenvalue weighted by Gasteiger charge is -2.29. The summed E-state index contributed by atoms with van der Waals surface area (Å²) >= 11 is 0. The molecule has 3 heteroatoms. The first-order chi connectivity index (χ1) is 34.3. The molecule has 0 saturated heterocycles. The Hall–Kier alpha value is -9.18. The maximum Gasteiger partial charge on any atom is 0.143 e. The number of benzene rings is 11. The Morgan fingerprint density at radius 2 is 0.812 bits per heavy atom. The van der Waals surface area contributed by atoms with Crippen LogP contribution >= 0.6 is 0 Å². The van der Waals surface area contributed by atoms with Crippen molar-refractivity contribution < 1.29 is 4.42 Å². The molecule has 0 spiro atoms. The van der Waals surface area contributed by atoms with Crippen molar-refractivity contribution >= 4 is 60.8 Å². The van der Waals surface area contributed by atoms with Gasteiger partial charge >= 0.3 is 0 Å². The number of hydrogen-bond acceptors (Lipinski definition) is 2. The van der Waals surface area contributed by atoms with Gasteiger partial charge in [0.1, 0.15) is 11.2 Å². The molecule has 0 aliphatic heterocycles. The smallest absolute Gasteiger partial charge is 0.143 e. The molecule has 0 saturated carbocycles. The highest BCUT2D eigenvalue weighted by Gasteiger charge is 2.24. The predicted octanol–water partition coefficient (Wildman–Crippen LogP) is 18.5. The quantitative estimate of drug-likeness (QED) is 0.144. The van der Waals surface area contributed by atoms with E-state index in [9.17, 15) is 0 Å². The molecule has 0 unspecified atom stereocenters. The summed E-state index contributed by atoms with van der Waals surface area (Å²) in [7, 11) is 0. The number of aromatic nitrogens is 1. The average Bonchev–Trinajstić information content (AvgIpc) is 3.98. The van der Waals surface area contributed by atoms with Gasteiger partial charge < -0.3 is 13.9 Å². The second kappa shape index (κ2) is 16.9. The fourth-order valence-electron chi connectivity index (χ4n) is 10.6. The van der Waals surface area contributed by atoms with E-state index in [-0.39, 0.29) is 0 Å². The van der Waals surface area contributed by atoms with Crippen LogP contribution in [0.5, 0.6) is 0 Å². The lowest BCUT2D eigenvalue weighted by Crippen LogP contribution is -2.12. The van der Waals surface area contributed by atoms with Crippen LogP contribution in [0.15, 0.2) is 271 Å². The monoisotopic (exact) mass is 880 g/mol. The summed E-state index contributed by atoms with van der Waals surface area (Å²) in [6.45, 7) is 0. The maximum absolute atomic E-state index is 6.54. The molecule has 324 valence electrons. The van der Waals surface area contributed by atoms with Gasteiger partial charge in [0.2, 0.25) is 0 Å². The van der Waals surface area contributed by atoms with Crippen molar-refractivity contribution in [2.24, 2.45) is 0 Å². The molecule has 0 amide bonds. The predicted molar refractivity (Wildman–Crippen MR) is 290 cm³/mol. The first kappa shape index (κ1) is 40.1. The number of furan rings is 1. The highest BCUT2D eigenvalue weighted by molar-refractivity contribution is 6.11. The molecule has 0 N–H and O–H groups in total. The zero-order valence-electron chi connectivity index (χ0n) is 37.7. The van der Waals surface area contributed by atoms with Crippen LogP contribution in [0.1, 0.15) is 0 Å². The van der Waals surface area contributed by atoms with Crippen LogP contribution in [0.3, 0.4) is 0 Å². The third-order valence-electron chi connectivity index (χ3n) is 13.6. The van der Waals surface area contributed by atoms with E-state index in [4.69, 9.17) is 4.42 Å². The van der Waals surface area contributed by atoms with E-state index >= 15 is 0 Å². The van der Waals surface area contributed by atoms with Gasteiger partial charge in [-0.15, -0.1) is 0 Å². The normalized spacial score (nSPS) is 11.5. The maximum atomic E-state index is 6.54. The molecule has 0 aliphatic rings. The lowest BCUT2D eigenvalue weighted by atomic mass is 9.84. The highest BCUT2D eigenvalue weighted by atomic mass is 16.3. The van der Waals surface area contributed by atoms with Crippen LogP contribution in [0.25, 0.3) is 105 Å². The van der Waals surface area contributed by atoms with Gasteiger partial charge in [-0.1, -0.05) is 212 Å². The lowest BCUT2D eigenvalue weighted by molar-refractivity contribution is 0.670. The SMILES string of the molecule is c1ccc(-c2ccccc2-c2c(-c3ccccc3)cccc2-c2ccccc2N(c2ccc(-c3cccc4c3oc3ccccc34)cc2)c2cccc(-n3c4ccccc4c4ccccc43)c2)cc1. The van der Waals surface area contributed by atoms with Gasteiger partial charge in [-0.05, 0) is 99.1 Å². The molecule has 0 aliphatic carbocycles. The molecule has 0 radical (unpaired) electrons. The summed E-state index contributed by atoms with van der Waals surface area (Å²) in [6, 6.07) is 96.2. The van der Waals surface area contributed by atoms with Crippen molar-refractivity contribution in [3.63, 3.8) is 0 Å². The first-order valence-corrected chi connectivity index (χ1v) is 23.6. The van der Waals surface area contributed by atoms with Gasteiger partial charge in [0.05, 0.1) is 16.7 Å². The molecule has 13 rings (SSSR count). The summed E-state index contributed by atoms with van der Waals surface area (Å²) < 4.78 is 8.94. The van der Waals surface area contributed by atoms with Gasteiger partial charge in [-0.2, -0.15) is 0 Å². The van der Waals surface area contributed by atoms with Crippen molar-refractivity contribution in [3.8, 4) is 61.3 Å². The summed E-state index contributed by atoms with van der Waals surface area (Å²) in [5.41, 5.74) is 19.8. The van der Waals surface area contributed by atoms with Gasteiger partial charge in [0.15, 0.2) is 0 Å². The summed E-state index contributed by atoms with van der Waals surface area (Å²) in [6.07, 6.45) is 0. The number of rotatable bonds is 9. The summed E-state index contributed by atoms with van der Waals surface area (Å²) in [4.78, 5) is 2.43. The number of para-hydroxylation sites is 5. The van der Waals surface area contributed by atoms with Gasteiger partial charge in [-0.3, -0.25) is 0 Å². The number of nitrogens with zero attached hydrogens (tertiary/aromatic N) is 2. The van der Waals surface area contributed by atoms with Crippen molar-refractivity contribution in [2.75, 3.05) is 4.90 Å². The van der Waals surface area contributed by atoms with Gasteiger partial charge in [0.25, 0.3) is 0 Å². The van der Waals surface area contributed by atoms with E-state index in [1.807, 2.05) is 12.1 Å². The Bertz CT molecular complexity index is 3960. The highest BCUT2D eigenvalue weighted by Crippen LogP contribution is 2.49. The largest absolute Gasteiger partial charge is 0.455 e. The average molecular weight is 881 g/mol. The van der Waals surface area contributed by atoms with Gasteiger partial charge in [0, 0.05) is 49.7 Å². The fourth-order valence-corrected chi connectivity index (χ4v) is 10.6. The third-order valence-corrected chi connectivity index (χ3v) is 13.6. The Labute approximate surface area is 401 Å². The number of fused-ring (bicyclic) bond motifs is 6. The molecule has 3 nitrogen and oxygen atoms in total. The Balaban J connectivity index is 1.04. The topological polar surface area (TPSA) is 21.3 Å². The Morgan fingerprint density at radius 1 is 0.304 bits per heavy atom. The minimum atomic E-state index is 0.893. The minimum Gasteiger partial charge on any atom is -0.455 e. The van der Waals surface area contributed by atoms with Gasteiger partial charge in [-0.25, -0.2) is 0 Å². The zero-order chi connectivity index (χ0) is 45.7. The van der Waals surface area contributed by atoms with Crippen LogP contribution in [0.4, 0.5) is 17.1 Å². The van der Waals surface area contributed by atoms with E-state index < -0.39 is 0 Å². The number of hydrogen-bond donors (Lipinski definition) is 0.